The van der Waals surface area contributed by atoms with Crippen LogP contribution in [-0.2, 0) is 6.42 Å². The summed E-state index contributed by atoms with van der Waals surface area (Å²) in [4.78, 5) is 0. The highest BCUT2D eigenvalue weighted by Crippen LogP contribution is 2.30. The lowest BCUT2D eigenvalue weighted by atomic mass is 10.0. The molecule has 0 aliphatic rings. The van der Waals surface area contributed by atoms with Crippen LogP contribution in [0.5, 0.6) is 0 Å². The van der Waals surface area contributed by atoms with Crippen LogP contribution in [0.25, 0.3) is 11.0 Å². The number of hydrogen-bond acceptors (Lipinski definition) is 2. The van der Waals surface area contributed by atoms with Gasteiger partial charge in [-0.3, -0.25) is 0 Å². The molecule has 0 saturated carbocycles. The van der Waals surface area contributed by atoms with Crippen LogP contribution in [0.2, 0.25) is 5.02 Å². The molecule has 0 spiro atoms. The van der Waals surface area contributed by atoms with Crippen molar-refractivity contribution in [3.8, 4) is 0 Å². The van der Waals surface area contributed by atoms with Gasteiger partial charge in [-0.2, -0.15) is 0 Å². The van der Waals surface area contributed by atoms with Crippen molar-refractivity contribution in [1.29, 1.82) is 0 Å². The summed E-state index contributed by atoms with van der Waals surface area (Å²) in [6, 6.07) is 13.6. The molecule has 0 saturated heterocycles. The molecule has 3 rings (SSSR count). The van der Waals surface area contributed by atoms with Gasteiger partial charge in [0, 0.05) is 5.39 Å². The monoisotopic (exact) mass is 289 g/mol. The molecule has 0 fully saturated rings. The molecule has 20 heavy (non-hydrogen) atoms. The Balaban J connectivity index is 1.91. The van der Waals surface area contributed by atoms with Gasteiger partial charge in [-0.25, -0.2) is 4.39 Å². The summed E-state index contributed by atoms with van der Waals surface area (Å²) >= 11 is 6.07. The van der Waals surface area contributed by atoms with E-state index in [0.717, 1.165) is 5.39 Å². The van der Waals surface area contributed by atoms with E-state index >= 15 is 0 Å². The van der Waals surface area contributed by atoms with Crippen molar-refractivity contribution in [1.82, 2.24) is 0 Å². The average Bonchev–Trinajstić information content (AvgIpc) is 2.87. The lowest BCUT2D eigenvalue weighted by molar-refractivity contribution is 0.487. The fourth-order valence-electron chi connectivity index (χ4n) is 2.23. The second-order valence-electron chi connectivity index (χ2n) is 4.71. The average molecular weight is 290 g/mol. The van der Waals surface area contributed by atoms with E-state index in [1.807, 2.05) is 18.2 Å². The largest absolute Gasteiger partial charge is 0.458 e. The summed E-state index contributed by atoms with van der Waals surface area (Å²) in [5.74, 6) is 0.355. The Labute approximate surface area is 121 Å². The van der Waals surface area contributed by atoms with Gasteiger partial charge in [-0.15, -0.1) is 0 Å². The first kappa shape index (κ1) is 13.2. The molecular formula is C16H13ClFNO. The van der Waals surface area contributed by atoms with E-state index < -0.39 is 6.04 Å². The number of para-hydroxylation sites is 1. The number of hydrogen-bond donors (Lipinski definition) is 1. The topological polar surface area (TPSA) is 39.2 Å². The Bertz CT molecular complexity index is 753. The second kappa shape index (κ2) is 5.27. The van der Waals surface area contributed by atoms with Crippen LogP contribution in [-0.4, -0.2) is 0 Å². The summed E-state index contributed by atoms with van der Waals surface area (Å²) in [5.41, 5.74) is 7.30. The maximum atomic E-state index is 13.6. The van der Waals surface area contributed by atoms with E-state index in [-0.39, 0.29) is 5.82 Å². The Morgan fingerprint density at radius 1 is 1.15 bits per heavy atom. The van der Waals surface area contributed by atoms with Gasteiger partial charge in [-0.05, 0) is 30.2 Å². The van der Waals surface area contributed by atoms with Crippen molar-refractivity contribution in [2.75, 3.05) is 0 Å². The molecule has 0 radical (unpaired) electrons. The Morgan fingerprint density at radius 2 is 1.95 bits per heavy atom. The summed E-state index contributed by atoms with van der Waals surface area (Å²) in [7, 11) is 0. The van der Waals surface area contributed by atoms with Crippen molar-refractivity contribution in [2.45, 2.75) is 12.5 Å². The fraction of sp³-hybridized carbons (Fsp3) is 0.125. The first-order valence-corrected chi connectivity index (χ1v) is 6.70. The Morgan fingerprint density at radius 3 is 2.70 bits per heavy atom. The molecule has 1 atom stereocenters. The quantitative estimate of drug-likeness (QED) is 0.773. The van der Waals surface area contributed by atoms with E-state index in [2.05, 4.69) is 0 Å². The van der Waals surface area contributed by atoms with Gasteiger partial charge in [0.05, 0.1) is 11.1 Å². The zero-order valence-corrected chi connectivity index (χ0v) is 11.4. The number of nitrogens with two attached hydrogens (primary N) is 1. The van der Waals surface area contributed by atoms with E-state index in [1.54, 1.807) is 24.3 Å². The van der Waals surface area contributed by atoms with Gasteiger partial charge in [0.2, 0.25) is 0 Å². The summed E-state index contributed by atoms with van der Waals surface area (Å²) in [6.07, 6.45) is 0.379. The molecule has 1 aromatic heterocycles. The summed E-state index contributed by atoms with van der Waals surface area (Å²) in [6.45, 7) is 0. The molecule has 4 heteroatoms. The van der Waals surface area contributed by atoms with Gasteiger partial charge in [0.1, 0.15) is 11.6 Å². The van der Waals surface area contributed by atoms with Crippen LogP contribution in [0.15, 0.2) is 52.9 Å². The first-order chi connectivity index (χ1) is 9.65. The van der Waals surface area contributed by atoms with E-state index in [4.69, 9.17) is 21.8 Å². The van der Waals surface area contributed by atoms with E-state index in [0.29, 0.717) is 28.4 Å². The minimum Gasteiger partial charge on any atom is -0.458 e. The minimum atomic E-state index is -0.407. The highest BCUT2D eigenvalue weighted by molar-refractivity contribution is 6.34. The van der Waals surface area contributed by atoms with Crippen LogP contribution in [0, 0.1) is 5.82 Å². The molecule has 102 valence electrons. The molecule has 2 aromatic carbocycles. The highest BCUT2D eigenvalue weighted by Gasteiger charge is 2.15. The third-order valence-electron chi connectivity index (χ3n) is 3.28. The van der Waals surface area contributed by atoms with E-state index in [1.165, 1.54) is 6.07 Å². The molecule has 0 amide bonds. The zero-order valence-electron chi connectivity index (χ0n) is 10.6. The summed E-state index contributed by atoms with van der Waals surface area (Å²) < 4.78 is 19.3. The zero-order chi connectivity index (χ0) is 14.1. The molecular weight excluding hydrogens is 277 g/mol. The molecule has 0 aliphatic heterocycles. The Hall–Kier alpha value is -1.84. The van der Waals surface area contributed by atoms with Crippen LogP contribution < -0.4 is 5.73 Å². The van der Waals surface area contributed by atoms with Crippen molar-refractivity contribution in [2.24, 2.45) is 5.73 Å². The predicted molar refractivity (Wildman–Crippen MR) is 78.3 cm³/mol. The molecule has 2 N–H and O–H groups in total. The minimum absolute atomic E-state index is 0.253. The van der Waals surface area contributed by atoms with Crippen LogP contribution in [0.1, 0.15) is 17.4 Å². The van der Waals surface area contributed by atoms with Crippen LogP contribution >= 0.6 is 11.6 Å². The standard InChI is InChI=1S/C16H13ClFNO/c17-12-6-3-5-11-9-15(20-16(11)12)14(19)8-10-4-1-2-7-13(10)18/h1-7,9,14H,8,19H2. The SMILES string of the molecule is NC(Cc1ccccc1F)c1cc2cccc(Cl)c2o1. The number of furan rings is 1. The van der Waals surface area contributed by atoms with Gasteiger partial charge >= 0.3 is 0 Å². The number of rotatable bonds is 3. The van der Waals surface area contributed by atoms with E-state index in [9.17, 15) is 4.39 Å². The molecule has 1 unspecified atom stereocenters. The lowest BCUT2D eigenvalue weighted by Crippen LogP contribution is -2.13. The number of fused-ring (bicyclic) bond motifs is 1. The fourth-order valence-corrected chi connectivity index (χ4v) is 2.45. The molecule has 3 aromatic rings. The molecule has 1 heterocycles. The Kier molecular flexibility index (Phi) is 3.47. The number of benzene rings is 2. The molecule has 0 aliphatic carbocycles. The summed E-state index contributed by atoms with van der Waals surface area (Å²) in [5, 5.41) is 1.45. The van der Waals surface area contributed by atoms with Crippen molar-refractivity contribution < 1.29 is 8.81 Å². The normalized spacial score (nSPS) is 12.8. The maximum absolute atomic E-state index is 13.6. The number of halogens is 2. The van der Waals surface area contributed by atoms with Gasteiger partial charge in [0.25, 0.3) is 0 Å². The predicted octanol–water partition coefficient (Wildman–Crippen LogP) is 4.47. The van der Waals surface area contributed by atoms with Gasteiger partial charge in [0.15, 0.2) is 5.58 Å². The van der Waals surface area contributed by atoms with Crippen molar-refractivity contribution in [3.63, 3.8) is 0 Å². The van der Waals surface area contributed by atoms with Gasteiger partial charge < -0.3 is 10.2 Å². The second-order valence-corrected chi connectivity index (χ2v) is 5.12. The van der Waals surface area contributed by atoms with Crippen LogP contribution in [0.3, 0.4) is 0 Å². The first-order valence-electron chi connectivity index (χ1n) is 6.32. The smallest absolute Gasteiger partial charge is 0.152 e. The third kappa shape index (κ3) is 2.42. The van der Waals surface area contributed by atoms with Gasteiger partial charge in [-0.1, -0.05) is 41.9 Å². The van der Waals surface area contributed by atoms with Crippen molar-refractivity contribution in [3.05, 3.63) is 70.7 Å². The van der Waals surface area contributed by atoms with Crippen molar-refractivity contribution >= 4 is 22.6 Å². The maximum Gasteiger partial charge on any atom is 0.152 e. The molecule has 2 nitrogen and oxygen atoms in total. The third-order valence-corrected chi connectivity index (χ3v) is 3.58. The lowest BCUT2D eigenvalue weighted by Gasteiger charge is -2.09. The van der Waals surface area contributed by atoms with Crippen LogP contribution in [0.4, 0.5) is 4.39 Å². The molecule has 0 bridgehead atoms. The highest BCUT2D eigenvalue weighted by atomic mass is 35.5.